The molecule has 8 heteroatoms. The number of halogens is 1. The van der Waals surface area contributed by atoms with Gasteiger partial charge in [-0.1, -0.05) is 16.8 Å². The number of nitrogens with two attached hydrogens (primary N) is 1. The fourth-order valence-electron chi connectivity index (χ4n) is 1.13. The van der Waals surface area contributed by atoms with Crippen LogP contribution in [0.4, 0.5) is 11.8 Å². The Morgan fingerprint density at radius 1 is 1.44 bits per heavy atom. The molecule has 0 spiro atoms. The Hall–Kier alpha value is -1.89. The molecule has 0 aromatic carbocycles. The summed E-state index contributed by atoms with van der Waals surface area (Å²) < 4.78 is 4.83. The summed E-state index contributed by atoms with van der Waals surface area (Å²) in [5.41, 5.74) is 5.44. The Morgan fingerprint density at radius 3 is 3.00 bits per heavy atom. The van der Waals surface area contributed by atoms with Crippen molar-refractivity contribution in [3.63, 3.8) is 0 Å². The number of hydrogen-bond acceptors (Lipinski definition) is 7. The number of anilines is 2. The normalized spacial score (nSPS) is 10.3. The van der Waals surface area contributed by atoms with Gasteiger partial charge in [0.05, 0.1) is 0 Å². The van der Waals surface area contributed by atoms with Crippen molar-refractivity contribution >= 4 is 23.4 Å². The van der Waals surface area contributed by atoms with Crippen molar-refractivity contribution in [1.82, 2.24) is 20.1 Å². The van der Waals surface area contributed by atoms with Crippen LogP contribution in [0, 0.1) is 0 Å². The highest BCUT2D eigenvalue weighted by molar-refractivity contribution is 6.29. The third-order valence-corrected chi connectivity index (χ3v) is 1.96. The number of hydrogen-bond donors (Lipinski definition) is 2. The van der Waals surface area contributed by atoms with Crippen LogP contribution in [-0.2, 0) is 6.42 Å². The van der Waals surface area contributed by atoms with Crippen LogP contribution in [0.1, 0.15) is 5.89 Å². The van der Waals surface area contributed by atoms with Crippen LogP contribution >= 0.6 is 11.6 Å². The van der Waals surface area contributed by atoms with Gasteiger partial charge in [-0.2, -0.15) is 9.97 Å². The number of nitrogens with zero attached hydrogens (tertiary/aromatic N) is 4. The predicted octanol–water partition coefficient (Wildman–Crippen LogP) is 0.750. The molecule has 0 saturated heterocycles. The first-order valence-electron chi connectivity index (χ1n) is 4.53. The van der Waals surface area contributed by atoms with Crippen molar-refractivity contribution in [2.24, 2.45) is 0 Å². The van der Waals surface area contributed by atoms with E-state index in [0.717, 1.165) is 0 Å². The summed E-state index contributed by atoms with van der Waals surface area (Å²) in [5, 5.41) is 6.82. The van der Waals surface area contributed by atoms with Crippen LogP contribution in [-0.4, -0.2) is 26.7 Å². The van der Waals surface area contributed by atoms with Crippen LogP contribution in [0.2, 0.25) is 5.15 Å². The molecule has 2 aromatic heterocycles. The highest BCUT2D eigenvalue weighted by Crippen LogP contribution is 2.12. The molecule has 2 rings (SSSR count). The first-order valence-corrected chi connectivity index (χ1v) is 4.91. The second-order valence-electron chi connectivity index (χ2n) is 2.95. The fourth-order valence-corrected chi connectivity index (χ4v) is 1.32. The molecule has 0 aliphatic heterocycles. The third-order valence-electron chi connectivity index (χ3n) is 1.76. The summed E-state index contributed by atoms with van der Waals surface area (Å²) in [4.78, 5) is 11.6. The SMILES string of the molecule is Nc1nc(Cl)cc(NCCc2ncno2)n1. The first kappa shape index (κ1) is 10.6. The van der Waals surface area contributed by atoms with Gasteiger partial charge < -0.3 is 15.6 Å². The van der Waals surface area contributed by atoms with Crippen molar-refractivity contribution in [2.45, 2.75) is 6.42 Å². The Kier molecular flexibility index (Phi) is 3.16. The second-order valence-corrected chi connectivity index (χ2v) is 3.33. The lowest BCUT2D eigenvalue weighted by atomic mass is 10.4. The van der Waals surface area contributed by atoms with Crippen molar-refractivity contribution in [3.8, 4) is 0 Å². The Balaban J connectivity index is 1.89. The minimum absolute atomic E-state index is 0.132. The summed E-state index contributed by atoms with van der Waals surface area (Å²) >= 11 is 5.72. The Morgan fingerprint density at radius 2 is 2.31 bits per heavy atom. The molecule has 0 aliphatic carbocycles. The fraction of sp³-hybridized carbons (Fsp3) is 0.250. The Bertz CT molecular complexity index is 439. The molecule has 0 saturated carbocycles. The maximum atomic E-state index is 5.72. The van der Waals surface area contributed by atoms with Gasteiger partial charge in [0.25, 0.3) is 0 Å². The first-order chi connectivity index (χ1) is 7.74. The molecule has 0 atom stereocenters. The van der Waals surface area contributed by atoms with E-state index in [9.17, 15) is 0 Å². The van der Waals surface area contributed by atoms with E-state index in [1.807, 2.05) is 0 Å². The highest BCUT2D eigenvalue weighted by atomic mass is 35.5. The minimum Gasteiger partial charge on any atom is -0.369 e. The zero-order valence-corrected chi connectivity index (χ0v) is 8.98. The molecular weight excluding hydrogens is 232 g/mol. The van der Waals surface area contributed by atoms with Gasteiger partial charge in [-0.3, -0.25) is 0 Å². The zero-order chi connectivity index (χ0) is 11.4. The van der Waals surface area contributed by atoms with Crippen LogP contribution in [0.15, 0.2) is 16.9 Å². The van der Waals surface area contributed by atoms with E-state index < -0.39 is 0 Å². The lowest BCUT2D eigenvalue weighted by Crippen LogP contribution is -2.08. The highest BCUT2D eigenvalue weighted by Gasteiger charge is 2.02. The molecule has 0 amide bonds. The van der Waals surface area contributed by atoms with Crippen molar-refractivity contribution in [3.05, 3.63) is 23.4 Å². The smallest absolute Gasteiger partial charge is 0.228 e. The van der Waals surface area contributed by atoms with E-state index in [-0.39, 0.29) is 5.95 Å². The summed E-state index contributed by atoms with van der Waals surface area (Å²) in [6, 6.07) is 1.59. The maximum Gasteiger partial charge on any atom is 0.228 e. The second kappa shape index (κ2) is 4.75. The predicted molar refractivity (Wildman–Crippen MR) is 57.9 cm³/mol. The van der Waals surface area contributed by atoms with Crippen LogP contribution < -0.4 is 11.1 Å². The maximum absolute atomic E-state index is 5.72. The molecule has 0 aliphatic rings. The molecule has 0 radical (unpaired) electrons. The van der Waals surface area contributed by atoms with E-state index in [1.54, 1.807) is 6.07 Å². The van der Waals surface area contributed by atoms with Crippen LogP contribution in [0.5, 0.6) is 0 Å². The largest absolute Gasteiger partial charge is 0.369 e. The van der Waals surface area contributed by atoms with Crippen molar-refractivity contribution in [1.29, 1.82) is 0 Å². The van der Waals surface area contributed by atoms with Crippen LogP contribution in [0.3, 0.4) is 0 Å². The van der Waals surface area contributed by atoms with Gasteiger partial charge in [0.15, 0.2) is 6.33 Å². The summed E-state index contributed by atoms with van der Waals surface area (Å²) in [6.07, 6.45) is 1.95. The van der Waals surface area contributed by atoms with Gasteiger partial charge in [-0.25, -0.2) is 4.98 Å². The number of aromatic nitrogens is 4. The number of rotatable bonds is 4. The van der Waals surface area contributed by atoms with Crippen molar-refractivity contribution in [2.75, 3.05) is 17.6 Å². The lowest BCUT2D eigenvalue weighted by molar-refractivity contribution is 0.379. The van der Waals surface area contributed by atoms with E-state index in [0.29, 0.717) is 29.8 Å². The average molecular weight is 241 g/mol. The molecule has 0 bridgehead atoms. The standard InChI is InChI=1S/C8H9ClN6O/c9-5-3-6(15-8(10)14-5)11-2-1-7-12-4-13-16-7/h3-4H,1-2H2,(H3,10,11,14,15). The van der Waals surface area contributed by atoms with Gasteiger partial charge in [-0.15, -0.1) is 0 Å². The molecule has 0 unspecified atom stereocenters. The molecule has 16 heavy (non-hydrogen) atoms. The van der Waals surface area contributed by atoms with Gasteiger partial charge in [-0.05, 0) is 0 Å². The molecule has 3 N–H and O–H groups in total. The molecule has 2 heterocycles. The van der Waals surface area contributed by atoms with Gasteiger partial charge >= 0.3 is 0 Å². The molecule has 2 aromatic rings. The van der Waals surface area contributed by atoms with E-state index in [4.69, 9.17) is 21.9 Å². The molecular formula is C8H9ClN6O. The average Bonchev–Trinajstić information content (AvgIpc) is 2.69. The molecule has 0 fully saturated rings. The Labute approximate surface area is 96.0 Å². The van der Waals surface area contributed by atoms with E-state index in [1.165, 1.54) is 6.33 Å². The summed E-state index contributed by atoms with van der Waals surface area (Å²) in [7, 11) is 0. The lowest BCUT2D eigenvalue weighted by Gasteiger charge is -2.04. The zero-order valence-electron chi connectivity index (χ0n) is 8.22. The van der Waals surface area contributed by atoms with Gasteiger partial charge in [0.2, 0.25) is 11.8 Å². The topological polar surface area (TPSA) is 103 Å². The minimum atomic E-state index is 0.132. The third kappa shape index (κ3) is 2.80. The quantitative estimate of drug-likeness (QED) is 0.760. The summed E-state index contributed by atoms with van der Waals surface area (Å²) in [6.45, 7) is 0.592. The van der Waals surface area contributed by atoms with Gasteiger partial charge in [0.1, 0.15) is 11.0 Å². The number of nitrogen functional groups attached to an aromatic ring is 1. The molecule has 84 valence electrons. The summed E-state index contributed by atoms with van der Waals surface area (Å²) in [5.74, 6) is 1.26. The van der Waals surface area contributed by atoms with Gasteiger partial charge in [0, 0.05) is 19.0 Å². The van der Waals surface area contributed by atoms with E-state index in [2.05, 4.69) is 25.4 Å². The monoisotopic (exact) mass is 240 g/mol. The molecule has 7 nitrogen and oxygen atoms in total. The van der Waals surface area contributed by atoms with E-state index >= 15 is 0 Å². The number of nitrogens with one attached hydrogen (secondary N) is 1. The van der Waals surface area contributed by atoms with Crippen molar-refractivity contribution < 1.29 is 4.52 Å². The van der Waals surface area contributed by atoms with Crippen LogP contribution in [0.25, 0.3) is 0 Å².